The summed E-state index contributed by atoms with van der Waals surface area (Å²) < 4.78 is 6.97. The molecule has 0 aliphatic carbocycles. The van der Waals surface area contributed by atoms with Crippen LogP contribution in [-0.2, 0) is 0 Å². The van der Waals surface area contributed by atoms with Crippen LogP contribution in [0, 0.1) is 0 Å². The molecule has 0 N–H and O–H groups in total. The fourth-order valence-corrected chi connectivity index (χ4v) is 3.10. The first-order valence-electron chi connectivity index (χ1n) is 6.35. The van der Waals surface area contributed by atoms with Gasteiger partial charge in [-0.3, -0.25) is 4.99 Å². The van der Waals surface area contributed by atoms with E-state index in [0.29, 0.717) is 15.8 Å². The summed E-state index contributed by atoms with van der Waals surface area (Å²) in [5.74, 6) is 0.656. The summed E-state index contributed by atoms with van der Waals surface area (Å²) >= 11 is 13.8. The Morgan fingerprint density at radius 2 is 2.14 bits per heavy atom. The fourth-order valence-electron chi connectivity index (χ4n) is 1.92. The third-order valence-corrected chi connectivity index (χ3v) is 4.40. The van der Waals surface area contributed by atoms with Crippen LogP contribution < -0.4 is 4.80 Å². The molecule has 0 aliphatic rings. The molecular formula is C15H11Cl2N3OS. The second kappa shape index (κ2) is 6.52. The number of benzene rings is 1. The molecule has 3 rings (SSSR count). The Morgan fingerprint density at radius 3 is 2.86 bits per heavy atom. The van der Waals surface area contributed by atoms with E-state index >= 15 is 0 Å². The van der Waals surface area contributed by atoms with Crippen molar-refractivity contribution in [1.82, 2.24) is 4.68 Å². The Morgan fingerprint density at radius 1 is 1.27 bits per heavy atom. The Labute approximate surface area is 141 Å². The molecule has 0 saturated heterocycles. The van der Waals surface area contributed by atoms with Crippen LogP contribution in [0.4, 0.5) is 0 Å². The zero-order valence-electron chi connectivity index (χ0n) is 11.5. The number of hydrogen-bond acceptors (Lipinski definition) is 4. The number of rotatable bonds is 3. The van der Waals surface area contributed by atoms with Gasteiger partial charge in [0.1, 0.15) is 5.76 Å². The summed E-state index contributed by atoms with van der Waals surface area (Å²) in [6.07, 6.45) is 3.23. The molecule has 2 heterocycles. The zero-order chi connectivity index (χ0) is 15.5. The maximum atomic E-state index is 6.29. The first-order valence-corrected chi connectivity index (χ1v) is 7.99. The third kappa shape index (κ3) is 3.02. The van der Waals surface area contributed by atoms with Crippen molar-refractivity contribution in [2.45, 2.75) is 0 Å². The zero-order valence-corrected chi connectivity index (χ0v) is 13.9. The highest BCUT2D eigenvalue weighted by atomic mass is 35.5. The third-order valence-electron chi connectivity index (χ3n) is 2.92. The molecule has 3 aromatic rings. The Hall–Kier alpha value is -1.82. The maximum absolute atomic E-state index is 6.29. The highest BCUT2D eigenvalue weighted by molar-refractivity contribution is 7.07. The minimum atomic E-state index is 0.604. The van der Waals surface area contributed by atoms with E-state index in [1.165, 1.54) is 11.3 Å². The molecule has 2 aromatic heterocycles. The average molecular weight is 352 g/mol. The predicted molar refractivity (Wildman–Crippen MR) is 91.0 cm³/mol. The van der Waals surface area contributed by atoms with Gasteiger partial charge in [0.25, 0.3) is 0 Å². The van der Waals surface area contributed by atoms with Gasteiger partial charge >= 0.3 is 0 Å². The number of nitrogens with zero attached hydrogens (tertiary/aromatic N) is 3. The van der Waals surface area contributed by atoms with Crippen LogP contribution in [-0.4, -0.2) is 17.9 Å². The van der Waals surface area contributed by atoms with E-state index < -0.39 is 0 Å². The van der Waals surface area contributed by atoms with Gasteiger partial charge < -0.3 is 4.42 Å². The second-order valence-corrected chi connectivity index (χ2v) is 6.00. The molecule has 0 bridgehead atoms. The minimum Gasteiger partial charge on any atom is -0.463 e. The molecule has 4 nitrogen and oxygen atoms in total. The summed E-state index contributed by atoms with van der Waals surface area (Å²) in [6.45, 7) is 0. The molecule has 0 amide bonds. The van der Waals surface area contributed by atoms with Crippen molar-refractivity contribution in [2.24, 2.45) is 10.1 Å². The van der Waals surface area contributed by atoms with Crippen LogP contribution in [0.1, 0.15) is 5.76 Å². The van der Waals surface area contributed by atoms with Gasteiger partial charge in [0, 0.05) is 23.0 Å². The first kappa shape index (κ1) is 15.1. The summed E-state index contributed by atoms with van der Waals surface area (Å²) in [5, 5.41) is 7.60. The SMILES string of the molecule is CN=c1scc(-c2cc(Cl)ccc2Cl)n1N=Cc1ccco1. The predicted octanol–water partition coefficient (Wildman–Crippen LogP) is 4.53. The van der Waals surface area contributed by atoms with E-state index in [2.05, 4.69) is 10.1 Å². The lowest BCUT2D eigenvalue weighted by molar-refractivity contribution is 0.559. The van der Waals surface area contributed by atoms with E-state index in [1.54, 1.807) is 42.4 Å². The van der Waals surface area contributed by atoms with Gasteiger partial charge in [0.15, 0.2) is 0 Å². The molecule has 1 aromatic carbocycles. The van der Waals surface area contributed by atoms with Crippen molar-refractivity contribution in [3.05, 3.63) is 62.6 Å². The Kier molecular flexibility index (Phi) is 4.47. The normalized spacial score (nSPS) is 12.4. The molecule has 0 saturated carbocycles. The number of thiazole rings is 1. The second-order valence-electron chi connectivity index (χ2n) is 4.32. The quantitative estimate of drug-likeness (QED) is 0.639. The van der Waals surface area contributed by atoms with E-state index in [1.807, 2.05) is 17.5 Å². The molecule has 0 fully saturated rings. The van der Waals surface area contributed by atoms with Gasteiger partial charge in [-0.1, -0.05) is 23.2 Å². The number of aromatic nitrogens is 1. The van der Waals surface area contributed by atoms with E-state index in [-0.39, 0.29) is 0 Å². The van der Waals surface area contributed by atoms with Gasteiger partial charge in [0.2, 0.25) is 4.80 Å². The summed E-state index contributed by atoms with van der Waals surface area (Å²) in [5.41, 5.74) is 1.62. The summed E-state index contributed by atoms with van der Waals surface area (Å²) in [6, 6.07) is 8.95. The largest absolute Gasteiger partial charge is 0.463 e. The van der Waals surface area contributed by atoms with Crippen LogP contribution in [0.3, 0.4) is 0 Å². The fraction of sp³-hybridized carbons (Fsp3) is 0.0667. The van der Waals surface area contributed by atoms with Gasteiger partial charge in [0.05, 0.1) is 23.2 Å². The van der Waals surface area contributed by atoms with Gasteiger partial charge in [-0.2, -0.15) is 5.10 Å². The molecule has 0 unspecified atom stereocenters. The summed E-state index contributed by atoms with van der Waals surface area (Å²) in [7, 11) is 1.72. The van der Waals surface area contributed by atoms with E-state index in [4.69, 9.17) is 27.6 Å². The van der Waals surface area contributed by atoms with Crippen molar-refractivity contribution in [1.29, 1.82) is 0 Å². The number of halogens is 2. The smallest absolute Gasteiger partial charge is 0.205 e. The molecule has 22 heavy (non-hydrogen) atoms. The maximum Gasteiger partial charge on any atom is 0.205 e. The average Bonchev–Trinajstić information content (AvgIpc) is 3.16. The lowest BCUT2D eigenvalue weighted by atomic mass is 10.2. The molecule has 112 valence electrons. The van der Waals surface area contributed by atoms with Crippen molar-refractivity contribution < 1.29 is 4.42 Å². The highest BCUT2D eigenvalue weighted by Gasteiger charge is 2.11. The molecule has 0 spiro atoms. The van der Waals surface area contributed by atoms with E-state index in [9.17, 15) is 0 Å². The molecular weight excluding hydrogens is 341 g/mol. The lowest BCUT2D eigenvalue weighted by Crippen LogP contribution is -2.11. The molecule has 7 heteroatoms. The van der Waals surface area contributed by atoms with Gasteiger partial charge in [-0.05, 0) is 30.3 Å². The van der Waals surface area contributed by atoms with Crippen LogP contribution in [0.5, 0.6) is 0 Å². The lowest BCUT2D eigenvalue weighted by Gasteiger charge is -2.06. The van der Waals surface area contributed by atoms with Crippen LogP contribution in [0.15, 0.2) is 56.5 Å². The Balaban J connectivity index is 2.13. The van der Waals surface area contributed by atoms with Crippen molar-refractivity contribution in [3.8, 4) is 11.3 Å². The first-order chi connectivity index (χ1) is 10.7. The molecule has 0 atom stereocenters. The van der Waals surface area contributed by atoms with E-state index in [0.717, 1.165) is 16.1 Å². The minimum absolute atomic E-state index is 0.604. The van der Waals surface area contributed by atoms with Gasteiger partial charge in [-0.25, -0.2) is 4.68 Å². The Bertz CT molecular complexity index is 879. The molecule has 0 radical (unpaired) electrons. The topological polar surface area (TPSA) is 42.8 Å². The number of furan rings is 1. The van der Waals surface area contributed by atoms with Crippen molar-refractivity contribution in [2.75, 3.05) is 7.05 Å². The van der Waals surface area contributed by atoms with Crippen molar-refractivity contribution in [3.63, 3.8) is 0 Å². The van der Waals surface area contributed by atoms with Crippen molar-refractivity contribution >= 4 is 40.8 Å². The summed E-state index contributed by atoms with van der Waals surface area (Å²) in [4.78, 5) is 4.97. The molecule has 0 aliphatic heterocycles. The number of hydrogen-bond donors (Lipinski definition) is 0. The van der Waals surface area contributed by atoms with Crippen LogP contribution >= 0.6 is 34.5 Å². The monoisotopic (exact) mass is 351 g/mol. The van der Waals surface area contributed by atoms with Crippen LogP contribution in [0.25, 0.3) is 11.3 Å². The van der Waals surface area contributed by atoms with Gasteiger partial charge in [-0.15, -0.1) is 11.3 Å². The van der Waals surface area contributed by atoms with Crippen LogP contribution in [0.2, 0.25) is 10.0 Å². The standard InChI is InChI=1S/C15H11Cl2N3OS/c1-18-15-20(19-8-11-3-2-6-21-11)14(9-22-15)12-7-10(16)4-5-13(12)17/h2-9H,1H3. The highest BCUT2D eigenvalue weighted by Crippen LogP contribution is 2.30.